The summed E-state index contributed by atoms with van der Waals surface area (Å²) in [5, 5.41) is 5.41. The first-order valence-electron chi connectivity index (χ1n) is 8.81. The molecular weight excluding hydrogens is 338 g/mol. The number of carbonyl (C=O) groups is 2. The van der Waals surface area contributed by atoms with Gasteiger partial charge < -0.3 is 24.8 Å². The lowest BCUT2D eigenvalue weighted by Gasteiger charge is -2.35. The number of nitrogens with one attached hydrogen (secondary N) is 2. The fourth-order valence-electron chi connectivity index (χ4n) is 3.22. The second-order valence-corrected chi connectivity index (χ2v) is 6.32. The predicted molar refractivity (Wildman–Crippen MR) is 94.5 cm³/mol. The Morgan fingerprint density at radius 2 is 2.08 bits per heavy atom. The highest BCUT2D eigenvalue weighted by molar-refractivity contribution is 5.88. The molecular formula is C18H25N3O5. The van der Waals surface area contributed by atoms with E-state index in [1.54, 1.807) is 14.2 Å². The van der Waals surface area contributed by atoms with Gasteiger partial charge in [0.25, 0.3) is 0 Å². The van der Waals surface area contributed by atoms with Crippen molar-refractivity contribution in [1.29, 1.82) is 0 Å². The van der Waals surface area contributed by atoms with Crippen molar-refractivity contribution < 1.29 is 23.8 Å². The maximum absolute atomic E-state index is 12.3. The smallest absolute Gasteiger partial charge is 0.237 e. The lowest BCUT2D eigenvalue weighted by Crippen LogP contribution is -2.56. The van der Waals surface area contributed by atoms with E-state index < -0.39 is 6.04 Å². The van der Waals surface area contributed by atoms with Gasteiger partial charge in [0.1, 0.15) is 5.75 Å². The van der Waals surface area contributed by atoms with Gasteiger partial charge in [0, 0.05) is 44.7 Å². The van der Waals surface area contributed by atoms with Crippen molar-refractivity contribution in [2.24, 2.45) is 0 Å². The van der Waals surface area contributed by atoms with E-state index in [4.69, 9.17) is 14.2 Å². The van der Waals surface area contributed by atoms with Crippen LogP contribution >= 0.6 is 0 Å². The molecule has 0 bridgehead atoms. The molecule has 2 aliphatic heterocycles. The van der Waals surface area contributed by atoms with Gasteiger partial charge in [0.2, 0.25) is 11.8 Å². The Labute approximate surface area is 152 Å². The molecule has 0 unspecified atom stereocenters. The van der Waals surface area contributed by atoms with Gasteiger partial charge in [-0.3, -0.25) is 14.5 Å². The molecule has 0 aliphatic carbocycles. The molecule has 0 aromatic heterocycles. The monoisotopic (exact) mass is 363 g/mol. The highest BCUT2D eigenvalue weighted by atomic mass is 16.5. The van der Waals surface area contributed by atoms with E-state index in [2.05, 4.69) is 10.6 Å². The minimum Gasteiger partial charge on any atom is -0.496 e. The van der Waals surface area contributed by atoms with Crippen LogP contribution in [-0.4, -0.2) is 63.2 Å². The van der Waals surface area contributed by atoms with Crippen molar-refractivity contribution in [3.8, 4) is 17.2 Å². The Morgan fingerprint density at radius 3 is 2.77 bits per heavy atom. The number of benzene rings is 1. The first-order valence-corrected chi connectivity index (χ1v) is 8.81. The van der Waals surface area contributed by atoms with Crippen molar-refractivity contribution in [2.45, 2.75) is 25.4 Å². The summed E-state index contributed by atoms with van der Waals surface area (Å²) in [6.45, 7) is 2.90. The third-order valence-electron chi connectivity index (χ3n) is 4.62. The number of carbonyl (C=O) groups excluding carboxylic acids is 2. The van der Waals surface area contributed by atoms with E-state index in [1.807, 2.05) is 17.0 Å². The second-order valence-electron chi connectivity index (χ2n) is 6.32. The van der Waals surface area contributed by atoms with Crippen LogP contribution in [0, 0.1) is 0 Å². The van der Waals surface area contributed by atoms with Crippen LogP contribution in [0.5, 0.6) is 17.2 Å². The summed E-state index contributed by atoms with van der Waals surface area (Å²) >= 11 is 0. The van der Waals surface area contributed by atoms with Crippen molar-refractivity contribution in [3.63, 3.8) is 0 Å². The molecule has 1 fully saturated rings. The average molecular weight is 363 g/mol. The Morgan fingerprint density at radius 1 is 1.35 bits per heavy atom. The SMILES string of the molecule is CNC(=O)C[C@@H]1C(=O)NCCN1Cc1cc2c(cc1OC)OCCCO2. The zero-order chi connectivity index (χ0) is 18.5. The topological polar surface area (TPSA) is 89.1 Å². The first-order chi connectivity index (χ1) is 12.6. The molecule has 142 valence electrons. The molecule has 2 aliphatic rings. The molecule has 1 atom stereocenters. The van der Waals surface area contributed by atoms with Crippen molar-refractivity contribution in [1.82, 2.24) is 15.5 Å². The molecule has 0 spiro atoms. The number of amides is 2. The van der Waals surface area contributed by atoms with Crippen LogP contribution in [0.25, 0.3) is 0 Å². The highest BCUT2D eigenvalue weighted by Crippen LogP contribution is 2.37. The molecule has 0 saturated carbocycles. The normalized spacial score (nSPS) is 20.1. The lowest BCUT2D eigenvalue weighted by molar-refractivity contribution is -0.134. The third-order valence-corrected chi connectivity index (χ3v) is 4.62. The fourth-order valence-corrected chi connectivity index (χ4v) is 3.22. The van der Waals surface area contributed by atoms with Crippen LogP contribution in [0.3, 0.4) is 0 Å². The number of nitrogens with zero attached hydrogens (tertiary/aromatic N) is 1. The number of piperazine rings is 1. The quantitative estimate of drug-likeness (QED) is 0.782. The number of fused-ring (bicyclic) bond motifs is 1. The number of hydrogen-bond acceptors (Lipinski definition) is 6. The minimum atomic E-state index is -0.510. The Hall–Kier alpha value is -2.48. The molecule has 8 heteroatoms. The Balaban J connectivity index is 1.84. The summed E-state index contributed by atoms with van der Waals surface area (Å²) in [5.41, 5.74) is 0.897. The van der Waals surface area contributed by atoms with E-state index in [-0.39, 0.29) is 18.2 Å². The summed E-state index contributed by atoms with van der Waals surface area (Å²) in [5.74, 6) is 1.73. The van der Waals surface area contributed by atoms with Crippen LogP contribution in [0.2, 0.25) is 0 Å². The van der Waals surface area contributed by atoms with Gasteiger partial charge in [0.05, 0.1) is 32.8 Å². The largest absolute Gasteiger partial charge is 0.496 e. The molecule has 1 aromatic carbocycles. The summed E-state index contributed by atoms with van der Waals surface area (Å²) < 4.78 is 17.0. The number of rotatable bonds is 5. The van der Waals surface area contributed by atoms with Gasteiger partial charge in [-0.2, -0.15) is 0 Å². The molecule has 2 heterocycles. The van der Waals surface area contributed by atoms with E-state index in [0.29, 0.717) is 50.1 Å². The molecule has 3 rings (SSSR count). The number of methoxy groups -OCH3 is 1. The van der Waals surface area contributed by atoms with Crippen molar-refractivity contribution in [3.05, 3.63) is 17.7 Å². The van der Waals surface area contributed by atoms with Crippen molar-refractivity contribution in [2.75, 3.05) is 40.5 Å². The molecule has 1 saturated heterocycles. The number of hydrogen-bond donors (Lipinski definition) is 2. The molecule has 8 nitrogen and oxygen atoms in total. The van der Waals surface area contributed by atoms with E-state index in [0.717, 1.165) is 12.0 Å². The van der Waals surface area contributed by atoms with Crippen molar-refractivity contribution >= 4 is 11.8 Å². The molecule has 2 N–H and O–H groups in total. The lowest BCUT2D eigenvalue weighted by atomic mass is 10.1. The third kappa shape index (κ3) is 4.01. The predicted octanol–water partition coefficient (Wildman–Crippen LogP) is 0.293. The van der Waals surface area contributed by atoms with Crippen LogP contribution in [0.1, 0.15) is 18.4 Å². The average Bonchev–Trinajstić information content (AvgIpc) is 2.88. The van der Waals surface area contributed by atoms with E-state index >= 15 is 0 Å². The molecule has 1 aromatic rings. The summed E-state index contributed by atoms with van der Waals surface area (Å²) in [6, 6.07) is 3.22. The van der Waals surface area contributed by atoms with Gasteiger partial charge in [-0.25, -0.2) is 0 Å². The van der Waals surface area contributed by atoms with Gasteiger partial charge >= 0.3 is 0 Å². The zero-order valence-electron chi connectivity index (χ0n) is 15.2. The van der Waals surface area contributed by atoms with E-state index in [9.17, 15) is 9.59 Å². The fraction of sp³-hybridized carbons (Fsp3) is 0.556. The van der Waals surface area contributed by atoms with Gasteiger partial charge in [-0.05, 0) is 6.07 Å². The first kappa shape index (κ1) is 18.3. The molecule has 2 amide bonds. The maximum Gasteiger partial charge on any atom is 0.237 e. The maximum atomic E-state index is 12.3. The standard InChI is InChI=1S/C18H25N3O5/c1-19-17(22)9-13-18(23)20-4-5-21(13)11-12-8-15-16(10-14(12)24-2)26-7-3-6-25-15/h8,10,13H,3-7,9,11H2,1-2H3,(H,19,22)(H,20,23)/t13-/m1/s1. The number of ether oxygens (including phenoxy) is 3. The van der Waals surface area contributed by atoms with Crippen LogP contribution in [-0.2, 0) is 16.1 Å². The second kappa shape index (κ2) is 8.27. The van der Waals surface area contributed by atoms with E-state index in [1.165, 1.54) is 0 Å². The Kier molecular flexibility index (Phi) is 5.82. The van der Waals surface area contributed by atoms with Crippen LogP contribution < -0.4 is 24.8 Å². The van der Waals surface area contributed by atoms with Crippen LogP contribution in [0.15, 0.2) is 12.1 Å². The highest BCUT2D eigenvalue weighted by Gasteiger charge is 2.32. The minimum absolute atomic E-state index is 0.120. The van der Waals surface area contributed by atoms with Gasteiger partial charge in [-0.15, -0.1) is 0 Å². The molecule has 0 radical (unpaired) electrons. The summed E-state index contributed by atoms with van der Waals surface area (Å²) in [4.78, 5) is 26.1. The summed E-state index contributed by atoms with van der Waals surface area (Å²) in [6.07, 6.45) is 0.946. The van der Waals surface area contributed by atoms with Gasteiger partial charge in [-0.1, -0.05) is 0 Å². The zero-order valence-corrected chi connectivity index (χ0v) is 15.2. The molecule has 26 heavy (non-hydrogen) atoms. The van der Waals surface area contributed by atoms with Crippen LogP contribution in [0.4, 0.5) is 0 Å². The van der Waals surface area contributed by atoms with Gasteiger partial charge in [0.15, 0.2) is 11.5 Å². The Bertz CT molecular complexity index is 679. The summed E-state index contributed by atoms with van der Waals surface area (Å²) in [7, 11) is 3.17.